The first-order valence-corrected chi connectivity index (χ1v) is 18.5. The molecule has 2 aliphatic heterocycles. The standard InChI is InChI=1S/C21H24N6O.C17H19BrN4O/c1-26-13-17(12-25-26)15-2-3-16-11-19-20(18(16)10-15)21(24-14-23-19)22-4-5-27-6-8-28-9-7-27;18-13-2-1-12-9-15-16(14(12)10-13)17(21-11-20-15)19-3-4-22-5-7-23-8-6-22/h2-3,10,12-14H,4-9,11H2,1H3,(H,22,23,24);1-2,10-11H,3-9H2,(H,19,20,21). The molecule has 51 heavy (non-hydrogen) atoms. The van der Waals surface area contributed by atoms with Crippen LogP contribution in [0.15, 0.2) is 65.9 Å². The number of aromatic nitrogens is 6. The fourth-order valence-corrected chi connectivity index (χ4v) is 7.63. The number of anilines is 2. The number of benzene rings is 2. The lowest BCUT2D eigenvalue weighted by molar-refractivity contribution is 0.0398. The molecule has 5 aromatic rings. The van der Waals surface area contributed by atoms with E-state index in [-0.39, 0.29) is 0 Å². The van der Waals surface area contributed by atoms with Crippen LogP contribution in [-0.2, 0) is 29.4 Å². The molecule has 2 saturated heterocycles. The van der Waals surface area contributed by atoms with E-state index >= 15 is 0 Å². The van der Waals surface area contributed by atoms with Crippen LogP contribution in [0, 0.1) is 0 Å². The first-order valence-electron chi connectivity index (χ1n) is 17.8. The van der Waals surface area contributed by atoms with Gasteiger partial charge in [0, 0.05) is 99.6 Å². The number of rotatable bonds is 9. The minimum Gasteiger partial charge on any atom is -0.379 e. The van der Waals surface area contributed by atoms with Gasteiger partial charge in [-0.15, -0.1) is 0 Å². The highest BCUT2D eigenvalue weighted by molar-refractivity contribution is 9.10. The molecular weight excluding hydrogens is 708 g/mol. The number of hydrogen-bond donors (Lipinski definition) is 2. The number of hydrogen-bond acceptors (Lipinski definition) is 11. The second-order valence-corrected chi connectivity index (χ2v) is 14.2. The third-order valence-electron chi connectivity index (χ3n) is 9.97. The summed E-state index contributed by atoms with van der Waals surface area (Å²) in [6, 6.07) is 13.0. The van der Waals surface area contributed by atoms with E-state index in [1.54, 1.807) is 12.7 Å². The van der Waals surface area contributed by atoms with Crippen molar-refractivity contribution in [3.05, 3.63) is 88.4 Å². The average molecular weight is 752 g/mol. The van der Waals surface area contributed by atoms with E-state index in [9.17, 15) is 0 Å². The molecule has 4 aliphatic rings. The van der Waals surface area contributed by atoms with Crippen molar-refractivity contribution in [3.63, 3.8) is 0 Å². The number of halogens is 1. The van der Waals surface area contributed by atoms with E-state index in [0.29, 0.717) is 0 Å². The van der Waals surface area contributed by atoms with Crippen molar-refractivity contribution in [3.8, 4) is 33.4 Å². The summed E-state index contributed by atoms with van der Waals surface area (Å²) in [6.07, 6.45) is 9.03. The lowest BCUT2D eigenvalue weighted by atomic mass is 10.0. The highest BCUT2D eigenvalue weighted by atomic mass is 79.9. The van der Waals surface area contributed by atoms with Crippen molar-refractivity contribution in [2.24, 2.45) is 7.05 Å². The summed E-state index contributed by atoms with van der Waals surface area (Å²) in [6.45, 7) is 11.1. The van der Waals surface area contributed by atoms with Crippen LogP contribution in [0.4, 0.5) is 11.6 Å². The van der Waals surface area contributed by atoms with E-state index in [1.807, 2.05) is 24.1 Å². The fraction of sp³-hybridized carbons (Fsp3) is 0.395. The van der Waals surface area contributed by atoms with Gasteiger partial charge in [0.05, 0.1) is 44.0 Å². The van der Waals surface area contributed by atoms with Crippen LogP contribution >= 0.6 is 15.9 Å². The third-order valence-corrected chi connectivity index (χ3v) is 10.5. The molecule has 0 saturated carbocycles. The van der Waals surface area contributed by atoms with Crippen molar-refractivity contribution in [2.45, 2.75) is 12.8 Å². The van der Waals surface area contributed by atoms with Gasteiger partial charge in [-0.1, -0.05) is 34.1 Å². The Morgan fingerprint density at radius 3 is 1.78 bits per heavy atom. The Morgan fingerprint density at radius 1 is 0.686 bits per heavy atom. The Labute approximate surface area is 306 Å². The van der Waals surface area contributed by atoms with Crippen molar-refractivity contribution >= 4 is 27.6 Å². The molecule has 2 fully saturated rings. The lowest BCUT2D eigenvalue weighted by Gasteiger charge is -2.26. The molecule has 5 heterocycles. The Bertz CT molecular complexity index is 1990. The van der Waals surface area contributed by atoms with Crippen LogP contribution in [0.3, 0.4) is 0 Å². The number of ether oxygens (including phenoxy) is 2. The van der Waals surface area contributed by atoms with Gasteiger partial charge in [0.25, 0.3) is 0 Å². The fourth-order valence-electron chi connectivity index (χ4n) is 7.27. The second-order valence-electron chi connectivity index (χ2n) is 13.3. The molecule has 13 heteroatoms. The monoisotopic (exact) mass is 750 g/mol. The van der Waals surface area contributed by atoms with E-state index in [4.69, 9.17) is 9.47 Å². The van der Waals surface area contributed by atoms with Crippen molar-refractivity contribution < 1.29 is 9.47 Å². The zero-order valence-electron chi connectivity index (χ0n) is 28.9. The Kier molecular flexibility index (Phi) is 10.3. The highest BCUT2D eigenvalue weighted by Gasteiger charge is 2.26. The third kappa shape index (κ3) is 7.68. The van der Waals surface area contributed by atoms with Crippen LogP contribution in [0.25, 0.3) is 33.4 Å². The minimum absolute atomic E-state index is 0.827. The van der Waals surface area contributed by atoms with Gasteiger partial charge in [-0.2, -0.15) is 5.10 Å². The largest absolute Gasteiger partial charge is 0.379 e. The van der Waals surface area contributed by atoms with Gasteiger partial charge in [0.2, 0.25) is 0 Å². The van der Waals surface area contributed by atoms with Gasteiger partial charge in [0.15, 0.2) is 0 Å². The summed E-state index contributed by atoms with van der Waals surface area (Å²) >= 11 is 3.57. The maximum atomic E-state index is 5.42. The quantitative estimate of drug-likeness (QED) is 0.213. The van der Waals surface area contributed by atoms with E-state index in [1.165, 1.54) is 27.8 Å². The average Bonchev–Trinajstić information content (AvgIpc) is 3.88. The zero-order chi connectivity index (χ0) is 34.6. The summed E-state index contributed by atoms with van der Waals surface area (Å²) in [5.74, 6) is 1.88. The Hall–Kier alpha value is -4.27. The van der Waals surface area contributed by atoms with Gasteiger partial charge in [0.1, 0.15) is 24.3 Å². The maximum Gasteiger partial charge on any atom is 0.137 e. The molecule has 9 rings (SSSR count). The first kappa shape index (κ1) is 33.9. The Balaban J connectivity index is 0.000000150. The summed E-state index contributed by atoms with van der Waals surface area (Å²) in [5, 5.41) is 11.3. The minimum atomic E-state index is 0.827. The van der Waals surface area contributed by atoms with Crippen molar-refractivity contribution in [1.82, 2.24) is 39.5 Å². The maximum absolute atomic E-state index is 5.42. The first-order chi connectivity index (χ1) is 25.1. The molecule has 2 aliphatic carbocycles. The molecule has 2 aromatic carbocycles. The van der Waals surface area contributed by atoms with Gasteiger partial charge in [-0.3, -0.25) is 14.5 Å². The molecule has 0 bridgehead atoms. The van der Waals surface area contributed by atoms with Crippen LogP contribution < -0.4 is 10.6 Å². The SMILES string of the molecule is Brc1ccc2c(c1)-c1c(ncnc1NCCN1CCOCC1)C2.Cn1cc(-c2ccc3c(c2)-c2c(ncnc2NCCN2CCOCC2)C3)cn1. The van der Waals surface area contributed by atoms with E-state index < -0.39 is 0 Å². The van der Waals surface area contributed by atoms with Crippen LogP contribution in [0.5, 0.6) is 0 Å². The number of morpholine rings is 2. The van der Waals surface area contributed by atoms with Crippen LogP contribution in [0.2, 0.25) is 0 Å². The zero-order valence-corrected chi connectivity index (χ0v) is 30.5. The van der Waals surface area contributed by atoms with E-state index in [2.05, 4.69) is 97.8 Å². The van der Waals surface area contributed by atoms with Crippen molar-refractivity contribution in [2.75, 3.05) is 89.4 Å². The predicted octanol–water partition coefficient (Wildman–Crippen LogP) is 4.75. The number of nitrogens with one attached hydrogen (secondary N) is 2. The van der Waals surface area contributed by atoms with Gasteiger partial charge < -0.3 is 20.1 Å². The Morgan fingerprint density at radius 2 is 1.24 bits per heavy atom. The molecule has 0 atom stereocenters. The molecular formula is C38H43BrN10O2. The van der Waals surface area contributed by atoms with Crippen LogP contribution in [0.1, 0.15) is 22.5 Å². The summed E-state index contributed by atoms with van der Waals surface area (Å²) in [7, 11) is 1.94. The summed E-state index contributed by atoms with van der Waals surface area (Å²) in [4.78, 5) is 22.9. The van der Waals surface area contributed by atoms with Crippen molar-refractivity contribution in [1.29, 1.82) is 0 Å². The number of fused-ring (bicyclic) bond motifs is 6. The molecule has 264 valence electrons. The molecule has 0 unspecified atom stereocenters. The van der Waals surface area contributed by atoms with Gasteiger partial charge in [-0.25, -0.2) is 19.9 Å². The molecule has 3 aromatic heterocycles. The van der Waals surface area contributed by atoms with Gasteiger partial charge >= 0.3 is 0 Å². The lowest BCUT2D eigenvalue weighted by Crippen LogP contribution is -2.39. The number of aryl methyl sites for hydroxylation is 1. The summed E-state index contributed by atoms with van der Waals surface area (Å²) in [5.41, 5.74) is 11.9. The number of nitrogens with zero attached hydrogens (tertiary/aromatic N) is 8. The predicted molar refractivity (Wildman–Crippen MR) is 202 cm³/mol. The topological polar surface area (TPSA) is 118 Å². The van der Waals surface area contributed by atoms with Gasteiger partial charge in [-0.05, 0) is 46.0 Å². The van der Waals surface area contributed by atoms with Crippen LogP contribution in [-0.4, -0.2) is 118 Å². The molecule has 2 N–H and O–H groups in total. The second kappa shape index (κ2) is 15.5. The smallest absolute Gasteiger partial charge is 0.137 e. The highest BCUT2D eigenvalue weighted by Crippen LogP contribution is 2.42. The van der Waals surface area contributed by atoms with E-state index in [0.717, 1.165) is 136 Å². The molecule has 0 radical (unpaired) electrons. The molecule has 12 nitrogen and oxygen atoms in total. The summed E-state index contributed by atoms with van der Waals surface area (Å²) < 4.78 is 13.7. The molecule has 0 amide bonds. The normalized spacial score (nSPS) is 16.4. The molecule has 0 spiro atoms.